The molecule has 1 aromatic carbocycles. The fraction of sp³-hybridized carbons (Fsp3) is 0.412. The number of aryl methyl sites for hydroxylation is 3. The summed E-state index contributed by atoms with van der Waals surface area (Å²) in [4.78, 5) is 2.53. The van der Waals surface area contributed by atoms with Crippen LogP contribution in [0.3, 0.4) is 0 Å². The molecule has 2 unspecified atom stereocenters. The van der Waals surface area contributed by atoms with Gasteiger partial charge in [0, 0.05) is 22.2 Å². The fourth-order valence-electron chi connectivity index (χ4n) is 2.96. The Hall–Kier alpha value is -1.16. The number of aliphatic hydroxyl groups is 1. The van der Waals surface area contributed by atoms with Crippen LogP contribution < -0.4 is 5.73 Å². The first-order valence-corrected chi connectivity index (χ1v) is 8.07. The van der Waals surface area contributed by atoms with Crippen molar-refractivity contribution in [3.8, 4) is 0 Å². The summed E-state index contributed by atoms with van der Waals surface area (Å²) in [5, 5.41) is 10.7. The second-order valence-corrected chi connectivity index (χ2v) is 6.82. The zero-order chi connectivity index (χ0) is 14.1. The van der Waals surface area contributed by atoms with Crippen LogP contribution in [-0.4, -0.2) is 11.7 Å². The van der Waals surface area contributed by atoms with Crippen molar-refractivity contribution in [1.29, 1.82) is 0 Å². The number of rotatable bonds is 4. The molecule has 0 fully saturated rings. The highest BCUT2D eigenvalue weighted by atomic mass is 32.1. The van der Waals surface area contributed by atoms with E-state index < -0.39 is 6.10 Å². The molecule has 3 heteroatoms. The van der Waals surface area contributed by atoms with E-state index in [2.05, 4.69) is 37.3 Å². The Kier molecular flexibility index (Phi) is 3.92. The third-order valence-electron chi connectivity index (χ3n) is 4.20. The molecule has 3 rings (SSSR count). The Morgan fingerprint density at radius 3 is 2.65 bits per heavy atom. The lowest BCUT2D eigenvalue weighted by Crippen LogP contribution is -2.19. The van der Waals surface area contributed by atoms with Crippen molar-refractivity contribution in [3.63, 3.8) is 0 Å². The van der Waals surface area contributed by atoms with E-state index in [1.54, 1.807) is 11.3 Å². The summed E-state index contributed by atoms with van der Waals surface area (Å²) in [5.41, 5.74) is 9.71. The molecule has 1 aromatic heterocycles. The highest BCUT2D eigenvalue weighted by Crippen LogP contribution is 2.38. The molecule has 1 heterocycles. The quantitative estimate of drug-likeness (QED) is 0.906. The van der Waals surface area contributed by atoms with Gasteiger partial charge in [-0.3, -0.25) is 0 Å². The lowest BCUT2D eigenvalue weighted by Gasteiger charge is -2.21. The normalized spacial score (nSPS) is 16.9. The minimum Gasteiger partial charge on any atom is -0.387 e. The van der Waals surface area contributed by atoms with E-state index in [0.717, 1.165) is 16.9 Å². The highest BCUT2D eigenvalue weighted by Gasteiger charge is 2.25. The average molecular weight is 287 g/mol. The van der Waals surface area contributed by atoms with Crippen molar-refractivity contribution in [2.75, 3.05) is 6.54 Å². The van der Waals surface area contributed by atoms with Gasteiger partial charge in [-0.15, -0.1) is 11.3 Å². The molecule has 1 aliphatic rings. The van der Waals surface area contributed by atoms with Crippen molar-refractivity contribution in [2.45, 2.75) is 38.2 Å². The molecule has 2 aromatic rings. The van der Waals surface area contributed by atoms with Gasteiger partial charge in [0.1, 0.15) is 0 Å². The van der Waals surface area contributed by atoms with Crippen molar-refractivity contribution in [2.24, 2.45) is 5.73 Å². The summed E-state index contributed by atoms with van der Waals surface area (Å²) >= 11 is 1.77. The summed E-state index contributed by atoms with van der Waals surface area (Å²) in [6.07, 6.45) is 3.11. The number of hydrogen-bond donors (Lipinski definition) is 2. The van der Waals surface area contributed by atoms with Gasteiger partial charge in [-0.2, -0.15) is 0 Å². The van der Waals surface area contributed by atoms with Crippen LogP contribution in [0.25, 0.3) is 0 Å². The van der Waals surface area contributed by atoms with Crippen LogP contribution in [0.4, 0.5) is 0 Å². The summed E-state index contributed by atoms with van der Waals surface area (Å²) in [7, 11) is 0. The standard InChI is InChI=1S/C17H21NOS/c1-11-5-7-12(8-6-11)14(10-18)17(19)16-9-13-3-2-4-15(13)20-16/h5-9,14,17,19H,2-4,10,18H2,1H3. The van der Waals surface area contributed by atoms with Crippen molar-refractivity contribution >= 4 is 11.3 Å². The Balaban J connectivity index is 1.86. The molecule has 0 saturated carbocycles. The number of benzene rings is 1. The van der Waals surface area contributed by atoms with Gasteiger partial charge in [-0.1, -0.05) is 29.8 Å². The van der Waals surface area contributed by atoms with Gasteiger partial charge in [0.25, 0.3) is 0 Å². The topological polar surface area (TPSA) is 46.2 Å². The van der Waals surface area contributed by atoms with Gasteiger partial charge in [0.05, 0.1) is 6.10 Å². The molecule has 0 radical (unpaired) electrons. The summed E-state index contributed by atoms with van der Waals surface area (Å²) in [5.74, 6) is -0.0191. The maximum atomic E-state index is 10.7. The van der Waals surface area contributed by atoms with Crippen molar-refractivity contribution < 1.29 is 5.11 Å². The minimum atomic E-state index is -0.488. The van der Waals surface area contributed by atoms with E-state index in [0.29, 0.717) is 6.54 Å². The second kappa shape index (κ2) is 5.68. The molecule has 0 aliphatic heterocycles. The highest BCUT2D eigenvalue weighted by molar-refractivity contribution is 7.12. The SMILES string of the molecule is Cc1ccc(C(CN)C(O)c2cc3c(s2)CCC3)cc1. The predicted octanol–water partition coefficient (Wildman–Crippen LogP) is 3.32. The Morgan fingerprint density at radius 1 is 1.25 bits per heavy atom. The van der Waals surface area contributed by atoms with E-state index >= 15 is 0 Å². The van der Waals surface area contributed by atoms with Gasteiger partial charge >= 0.3 is 0 Å². The third kappa shape index (κ3) is 2.53. The molecule has 106 valence electrons. The smallest absolute Gasteiger partial charge is 0.0962 e. The first kappa shape index (κ1) is 13.8. The van der Waals surface area contributed by atoms with Crippen molar-refractivity contribution in [3.05, 3.63) is 56.8 Å². The zero-order valence-electron chi connectivity index (χ0n) is 11.8. The first-order chi connectivity index (χ1) is 9.69. The van der Waals surface area contributed by atoms with E-state index in [-0.39, 0.29) is 5.92 Å². The average Bonchev–Trinajstić information content (AvgIpc) is 3.02. The number of aliphatic hydroxyl groups excluding tert-OH is 1. The van der Waals surface area contributed by atoms with Gasteiger partial charge in [0.15, 0.2) is 0 Å². The molecular weight excluding hydrogens is 266 g/mol. The number of thiophene rings is 1. The van der Waals surface area contributed by atoms with Gasteiger partial charge in [-0.05, 0) is 43.4 Å². The Morgan fingerprint density at radius 2 is 2.00 bits per heavy atom. The van der Waals surface area contributed by atoms with Crippen LogP contribution in [0.1, 0.15) is 44.9 Å². The van der Waals surface area contributed by atoms with Crippen LogP contribution >= 0.6 is 11.3 Å². The van der Waals surface area contributed by atoms with E-state index in [9.17, 15) is 5.11 Å². The number of nitrogens with two attached hydrogens (primary N) is 1. The maximum absolute atomic E-state index is 10.7. The molecule has 0 amide bonds. The van der Waals surface area contributed by atoms with Crippen LogP contribution in [-0.2, 0) is 12.8 Å². The largest absolute Gasteiger partial charge is 0.387 e. The summed E-state index contributed by atoms with van der Waals surface area (Å²) in [6, 6.07) is 10.5. The van der Waals surface area contributed by atoms with Crippen LogP contribution in [0.15, 0.2) is 30.3 Å². The van der Waals surface area contributed by atoms with E-state index in [1.165, 1.54) is 28.8 Å². The third-order valence-corrected chi connectivity index (χ3v) is 5.51. The first-order valence-electron chi connectivity index (χ1n) is 7.25. The van der Waals surface area contributed by atoms with Gasteiger partial charge < -0.3 is 10.8 Å². The second-order valence-electron chi connectivity index (χ2n) is 5.65. The monoisotopic (exact) mass is 287 g/mol. The lowest BCUT2D eigenvalue weighted by molar-refractivity contribution is 0.151. The van der Waals surface area contributed by atoms with Gasteiger partial charge in [-0.25, -0.2) is 0 Å². The molecule has 2 atom stereocenters. The number of fused-ring (bicyclic) bond motifs is 1. The zero-order valence-corrected chi connectivity index (χ0v) is 12.6. The van der Waals surface area contributed by atoms with Crippen molar-refractivity contribution in [1.82, 2.24) is 0 Å². The molecule has 2 nitrogen and oxygen atoms in total. The Labute approximate surface area is 124 Å². The van der Waals surface area contributed by atoms with Crippen LogP contribution in [0, 0.1) is 6.92 Å². The molecule has 3 N–H and O–H groups in total. The molecule has 1 aliphatic carbocycles. The van der Waals surface area contributed by atoms with Crippen LogP contribution in [0.5, 0.6) is 0 Å². The molecule has 0 saturated heterocycles. The van der Waals surface area contributed by atoms with Gasteiger partial charge in [0.2, 0.25) is 0 Å². The summed E-state index contributed by atoms with van der Waals surface area (Å²) < 4.78 is 0. The van der Waals surface area contributed by atoms with E-state index in [4.69, 9.17) is 5.73 Å². The molecule has 0 bridgehead atoms. The lowest BCUT2D eigenvalue weighted by atomic mass is 9.92. The molecule has 0 spiro atoms. The minimum absolute atomic E-state index is 0.0191. The summed E-state index contributed by atoms with van der Waals surface area (Å²) in [6.45, 7) is 2.54. The maximum Gasteiger partial charge on any atom is 0.0962 e. The van der Waals surface area contributed by atoms with Crippen LogP contribution in [0.2, 0.25) is 0 Å². The fourth-order valence-corrected chi connectivity index (χ4v) is 4.27. The molecule has 20 heavy (non-hydrogen) atoms. The Bertz CT molecular complexity index is 566. The predicted molar refractivity (Wildman–Crippen MR) is 84.3 cm³/mol. The number of hydrogen-bond acceptors (Lipinski definition) is 3. The van der Waals surface area contributed by atoms with E-state index in [1.807, 2.05) is 0 Å². The molecular formula is C17H21NOS.